The van der Waals surface area contributed by atoms with Crippen LogP contribution in [0.5, 0.6) is 0 Å². The molecule has 0 fully saturated rings. The van der Waals surface area contributed by atoms with Gasteiger partial charge in [0.25, 0.3) is 16.3 Å². The lowest BCUT2D eigenvalue weighted by Crippen LogP contribution is -2.32. The van der Waals surface area contributed by atoms with Crippen LogP contribution in [0.1, 0.15) is 21.7 Å². The monoisotopic (exact) mass is 378 g/mol. The topological polar surface area (TPSA) is 21.2 Å². The minimum absolute atomic E-state index is 0.0683. The Kier molecular flexibility index (Phi) is 3.15. The van der Waals surface area contributed by atoms with Crippen molar-refractivity contribution in [3.05, 3.63) is 95.1 Å². The molecule has 0 amide bonds. The number of aryl methyl sites for hydroxylation is 1. The predicted molar refractivity (Wildman–Crippen MR) is 114 cm³/mol. The SMILES string of the molecule is Cc1csc2cc3c(c(C(=O)c4ccccc4)[n+]12)-c1cccc2cccc-3c12. The average molecular weight is 378 g/mol. The fraction of sp³-hybridized carbons (Fsp3) is 0.0400. The number of hydrogen-bond donors (Lipinski definition) is 0. The van der Waals surface area contributed by atoms with E-state index in [2.05, 4.69) is 59.2 Å². The molecule has 0 N–H and O–H groups in total. The van der Waals surface area contributed by atoms with Crippen LogP contribution < -0.4 is 4.40 Å². The second kappa shape index (κ2) is 5.60. The lowest BCUT2D eigenvalue weighted by molar-refractivity contribution is -0.517. The number of fused-ring (bicyclic) bond motifs is 4. The summed E-state index contributed by atoms with van der Waals surface area (Å²) in [5, 5.41) is 4.59. The summed E-state index contributed by atoms with van der Waals surface area (Å²) in [4.78, 5) is 14.8. The van der Waals surface area contributed by atoms with Gasteiger partial charge in [0.2, 0.25) is 0 Å². The number of hydrogen-bond acceptors (Lipinski definition) is 2. The fourth-order valence-electron chi connectivity index (χ4n) is 4.45. The zero-order chi connectivity index (χ0) is 18.8. The second-order valence-corrected chi connectivity index (χ2v) is 8.13. The maximum Gasteiger partial charge on any atom is 0.268 e. The molecule has 0 saturated heterocycles. The van der Waals surface area contributed by atoms with E-state index in [1.54, 1.807) is 11.3 Å². The van der Waals surface area contributed by atoms with Crippen LogP contribution in [-0.4, -0.2) is 5.78 Å². The molecule has 0 spiro atoms. The van der Waals surface area contributed by atoms with Crippen molar-refractivity contribution in [2.45, 2.75) is 6.92 Å². The molecule has 0 radical (unpaired) electrons. The Balaban J connectivity index is 1.80. The summed E-state index contributed by atoms with van der Waals surface area (Å²) in [5.41, 5.74) is 7.17. The minimum Gasteiger partial charge on any atom is -0.282 e. The maximum atomic E-state index is 13.7. The third-order valence-corrected chi connectivity index (χ3v) is 6.64. The van der Waals surface area contributed by atoms with Gasteiger partial charge in [-0.05, 0) is 21.9 Å². The highest BCUT2D eigenvalue weighted by atomic mass is 32.1. The highest BCUT2D eigenvalue weighted by molar-refractivity contribution is 7.15. The normalized spacial score (nSPS) is 11.9. The molecule has 2 heterocycles. The Morgan fingerprint density at radius 2 is 1.61 bits per heavy atom. The predicted octanol–water partition coefficient (Wildman–Crippen LogP) is 5.83. The standard InChI is InChI=1S/C25H16NOS/c1-15-14-28-21-13-20-18-11-5-9-16-10-6-12-19(22(16)18)23(20)24(26(15)21)25(27)17-7-3-2-4-8-17/h2-14H,1H3/q+1. The van der Waals surface area contributed by atoms with Gasteiger partial charge in [0, 0.05) is 24.1 Å². The first-order valence-electron chi connectivity index (χ1n) is 9.33. The van der Waals surface area contributed by atoms with E-state index in [1.165, 1.54) is 16.3 Å². The maximum absolute atomic E-state index is 13.7. The van der Waals surface area contributed by atoms with E-state index in [0.29, 0.717) is 0 Å². The average Bonchev–Trinajstić information content (AvgIpc) is 3.27. The van der Waals surface area contributed by atoms with Crippen LogP contribution in [0, 0.1) is 6.92 Å². The molecule has 3 aromatic carbocycles. The van der Waals surface area contributed by atoms with Gasteiger partial charge < -0.3 is 0 Å². The number of pyridine rings is 1. The van der Waals surface area contributed by atoms with Crippen molar-refractivity contribution < 1.29 is 9.20 Å². The molecule has 1 aliphatic carbocycles. The third-order valence-electron chi connectivity index (χ3n) is 5.64. The van der Waals surface area contributed by atoms with Gasteiger partial charge in [-0.15, -0.1) is 4.40 Å². The summed E-state index contributed by atoms with van der Waals surface area (Å²) in [6.45, 7) is 2.07. The van der Waals surface area contributed by atoms with E-state index in [-0.39, 0.29) is 5.78 Å². The summed E-state index contributed by atoms with van der Waals surface area (Å²) >= 11 is 1.69. The van der Waals surface area contributed by atoms with Crippen LogP contribution in [-0.2, 0) is 0 Å². The Bertz CT molecular complexity index is 1420. The molecule has 0 atom stereocenters. The molecule has 3 heteroatoms. The fourth-order valence-corrected chi connectivity index (χ4v) is 5.37. The lowest BCUT2D eigenvalue weighted by Gasteiger charge is -2.06. The van der Waals surface area contributed by atoms with E-state index in [4.69, 9.17) is 0 Å². The Morgan fingerprint density at radius 3 is 2.39 bits per heavy atom. The number of thiazole rings is 1. The van der Waals surface area contributed by atoms with Crippen molar-refractivity contribution in [3.63, 3.8) is 0 Å². The van der Waals surface area contributed by atoms with Gasteiger partial charge in [0.1, 0.15) is 0 Å². The number of rotatable bonds is 2. The summed E-state index contributed by atoms with van der Waals surface area (Å²) in [5.74, 6) is 0.0683. The Labute approximate surface area is 166 Å². The largest absolute Gasteiger partial charge is 0.282 e. The molecule has 0 saturated carbocycles. The first kappa shape index (κ1) is 15.7. The molecule has 6 rings (SSSR count). The van der Waals surface area contributed by atoms with Crippen LogP contribution in [0.2, 0.25) is 0 Å². The van der Waals surface area contributed by atoms with Crippen molar-refractivity contribution in [3.8, 4) is 22.3 Å². The number of aromatic nitrogens is 1. The van der Waals surface area contributed by atoms with Crippen molar-refractivity contribution in [1.82, 2.24) is 0 Å². The Hall–Kier alpha value is -3.30. The summed E-state index contributed by atoms with van der Waals surface area (Å²) in [6.07, 6.45) is 0. The lowest BCUT2D eigenvalue weighted by atomic mass is 9.97. The van der Waals surface area contributed by atoms with Crippen molar-refractivity contribution in [2.24, 2.45) is 0 Å². The van der Waals surface area contributed by atoms with Crippen LogP contribution in [0.25, 0.3) is 37.9 Å². The molecule has 132 valence electrons. The molecule has 5 aromatic rings. The summed E-state index contributed by atoms with van der Waals surface area (Å²) < 4.78 is 2.13. The molecule has 28 heavy (non-hydrogen) atoms. The van der Waals surface area contributed by atoms with Gasteiger partial charge in [-0.2, -0.15) is 0 Å². The van der Waals surface area contributed by atoms with Crippen molar-refractivity contribution in [1.29, 1.82) is 0 Å². The van der Waals surface area contributed by atoms with Crippen LogP contribution in [0.3, 0.4) is 0 Å². The molecule has 2 nitrogen and oxygen atoms in total. The smallest absolute Gasteiger partial charge is 0.268 e. The van der Waals surface area contributed by atoms with E-state index in [9.17, 15) is 4.79 Å². The molecular weight excluding hydrogens is 362 g/mol. The molecular formula is C25H16NOS+. The number of nitrogens with zero attached hydrogens (tertiary/aromatic N) is 1. The zero-order valence-electron chi connectivity index (χ0n) is 15.3. The molecule has 0 unspecified atom stereocenters. The van der Waals surface area contributed by atoms with E-state index >= 15 is 0 Å². The molecule has 0 bridgehead atoms. The van der Waals surface area contributed by atoms with Crippen LogP contribution in [0.4, 0.5) is 0 Å². The van der Waals surface area contributed by atoms with E-state index in [0.717, 1.165) is 38.5 Å². The number of benzene rings is 3. The van der Waals surface area contributed by atoms with Gasteiger partial charge in [-0.1, -0.05) is 78.1 Å². The summed E-state index contributed by atoms with van der Waals surface area (Å²) in [6, 6.07) is 24.6. The summed E-state index contributed by atoms with van der Waals surface area (Å²) in [7, 11) is 0. The highest BCUT2D eigenvalue weighted by Gasteiger charge is 2.35. The van der Waals surface area contributed by atoms with E-state index < -0.39 is 0 Å². The number of carbonyl (C=O) groups is 1. The van der Waals surface area contributed by atoms with Gasteiger partial charge in [-0.3, -0.25) is 4.79 Å². The Morgan fingerprint density at radius 1 is 0.857 bits per heavy atom. The number of carbonyl (C=O) groups excluding carboxylic acids is 1. The number of ketones is 1. The second-order valence-electron chi connectivity index (χ2n) is 7.24. The van der Waals surface area contributed by atoms with Gasteiger partial charge in [0.05, 0.1) is 10.9 Å². The molecule has 1 aliphatic rings. The zero-order valence-corrected chi connectivity index (χ0v) is 16.1. The quantitative estimate of drug-likeness (QED) is 0.274. The molecule has 0 aliphatic heterocycles. The van der Waals surface area contributed by atoms with Crippen molar-refractivity contribution in [2.75, 3.05) is 0 Å². The highest BCUT2D eigenvalue weighted by Crippen LogP contribution is 2.48. The first-order valence-corrected chi connectivity index (χ1v) is 10.2. The van der Waals surface area contributed by atoms with Crippen LogP contribution in [0.15, 0.2) is 78.2 Å². The molecule has 2 aromatic heterocycles. The van der Waals surface area contributed by atoms with Crippen LogP contribution >= 0.6 is 11.3 Å². The minimum atomic E-state index is 0.0683. The first-order chi connectivity index (χ1) is 13.7. The van der Waals surface area contributed by atoms with E-state index in [1.807, 2.05) is 30.3 Å². The van der Waals surface area contributed by atoms with Gasteiger partial charge >= 0.3 is 0 Å². The third kappa shape index (κ3) is 1.97. The van der Waals surface area contributed by atoms with Gasteiger partial charge in [-0.25, -0.2) is 0 Å². The van der Waals surface area contributed by atoms with Gasteiger partial charge in [0.15, 0.2) is 5.69 Å². The van der Waals surface area contributed by atoms with Crippen molar-refractivity contribution >= 4 is 32.7 Å².